The second kappa shape index (κ2) is 8.18. The van der Waals surface area contributed by atoms with Crippen LogP contribution in [0.2, 0.25) is 0 Å². The van der Waals surface area contributed by atoms with E-state index in [1.54, 1.807) is 4.90 Å². The summed E-state index contributed by atoms with van der Waals surface area (Å²) in [5, 5.41) is 3.01. The van der Waals surface area contributed by atoms with Gasteiger partial charge in [0.25, 0.3) is 0 Å². The van der Waals surface area contributed by atoms with E-state index in [-0.39, 0.29) is 17.4 Å². The first kappa shape index (κ1) is 18.3. The Morgan fingerprint density at radius 1 is 1.17 bits per heavy atom. The highest BCUT2D eigenvalue weighted by atomic mass is 16.6. The molecule has 1 N–H and O–H groups in total. The smallest absolute Gasteiger partial charge is 0.410 e. The second-order valence-corrected chi connectivity index (χ2v) is 7.43. The van der Waals surface area contributed by atoms with Crippen LogP contribution in [0.3, 0.4) is 0 Å². The number of ether oxygens (including phenoxy) is 1. The van der Waals surface area contributed by atoms with Gasteiger partial charge in [0, 0.05) is 25.0 Å². The van der Waals surface area contributed by atoms with Gasteiger partial charge in [-0.25, -0.2) is 4.79 Å². The van der Waals surface area contributed by atoms with Gasteiger partial charge in [-0.2, -0.15) is 0 Å². The highest BCUT2D eigenvalue weighted by Crippen LogP contribution is 2.19. The minimum absolute atomic E-state index is 0.0761. The van der Waals surface area contributed by atoms with Crippen molar-refractivity contribution in [3.05, 3.63) is 35.9 Å². The predicted molar refractivity (Wildman–Crippen MR) is 93.4 cm³/mol. The van der Waals surface area contributed by atoms with Gasteiger partial charge in [0.2, 0.25) is 5.91 Å². The van der Waals surface area contributed by atoms with Crippen LogP contribution in [0.25, 0.3) is 0 Å². The van der Waals surface area contributed by atoms with Gasteiger partial charge in [0.1, 0.15) is 6.61 Å². The van der Waals surface area contributed by atoms with Gasteiger partial charge in [-0.05, 0) is 24.3 Å². The molecule has 0 aliphatic carbocycles. The van der Waals surface area contributed by atoms with Crippen LogP contribution in [0.15, 0.2) is 30.3 Å². The van der Waals surface area contributed by atoms with E-state index < -0.39 is 0 Å². The molecule has 0 aromatic heterocycles. The average molecular weight is 332 g/mol. The quantitative estimate of drug-likeness (QED) is 0.921. The topological polar surface area (TPSA) is 58.6 Å². The molecule has 1 aromatic rings. The molecule has 5 heteroatoms. The van der Waals surface area contributed by atoms with Crippen LogP contribution in [0.1, 0.15) is 39.2 Å². The zero-order valence-corrected chi connectivity index (χ0v) is 14.9. The molecule has 2 amide bonds. The molecule has 0 radical (unpaired) electrons. The van der Waals surface area contributed by atoms with Gasteiger partial charge in [-0.15, -0.1) is 0 Å². The maximum absolute atomic E-state index is 12.1. The molecule has 5 nitrogen and oxygen atoms in total. The Bertz CT molecular complexity index is 543. The molecule has 2 rings (SSSR count). The fraction of sp³-hybridized carbons (Fsp3) is 0.579. The van der Waals surface area contributed by atoms with Gasteiger partial charge in [0.15, 0.2) is 0 Å². The Morgan fingerprint density at radius 3 is 2.38 bits per heavy atom. The van der Waals surface area contributed by atoms with Crippen LogP contribution in [0.5, 0.6) is 0 Å². The summed E-state index contributed by atoms with van der Waals surface area (Å²) in [4.78, 5) is 25.8. The highest BCUT2D eigenvalue weighted by molar-refractivity contribution is 5.81. The first-order valence-corrected chi connectivity index (χ1v) is 8.60. The van der Waals surface area contributed by atoms with Gasteiger partial charge in [-0.1, -0.05) is 51.1 Å². The van der Waals surface area contributed by atoms with Gasteiger partial charge >= 0.3 is 6.09 Å². The Morgan fingerprint density at radius 2 is 1.79 bits per heavy atom. The van der Waals surface area contributed by atoms with E-state index in [0.717, 1.165) is 18.4 Å². The van der Waals surface area contributed by atoms with Crippen LogP contribution < -0.4 is 5.32 Å². The number of hydrogen-bond donors (Lipinski definition) is 1. The van der Waals surface area contributed by atoms with Crippen molar-refractivity contribution < 1.29 is 14.3 Å². The number of piperidine rings is 1. The molecule has 1 saturated heterocycles. The summed E-state index contributed by atoms with van der Waals surface area (Å²) < 4.78 is 5.36. The van der Waals surface area contributed by atoms with Crippen molar-refractivity contribution in [2.75, 3.05) is 19.6 Å². The summed E-state index contributed by atoms with van der Waals surface area (Å²) in [6.07, 6.45) is 1.53. The zero-order chi connectivity index (χ0) is 17.6. The van der Waals surface area contributed by atoms with Crippen molar-refractivity contribution in [3.63, 3.8) is 0 Å². The standard InChI is InChI=1S/C19H28N2O3/c1-19(2,3)17(22)20-13-15-9-11-21(12-10-15)18(23)24-14-16-7-5-4-6-8-16/h4-8,15H,9-14H2,1-3H3,(H,20,22). The molecule has 0 saturated carbocycles. The number of carbonyl (C=O) groups is 2. The Balaban J connectivity index is 1.68. The van der Waals surface area contributed by atoms with Crippen molar-refractivity contribution in [1.82, 2.24) is 10.2 Å². The first-order chi connectivity index (χ1) is 11.4. The fourth-order valence-electron chi connectivity index (χ4n) is 2.63. The molecular weight excluding hydrogens is 304 g/mol. The van der Waals surface area contributed by atoms with E-state index in [1.165, 1.54) is 0 Å². The zero-order valence-electron chi connectivity index (χ0n) is 14.9. The monoisotopic (exact) mass is 332 g/mol. The highest BCUT2D eigenvalue weighted by Gasteiger charge is 2.26. The molecule has 1 aromatic carbocycles. The van der Waals surface area contributed by atoms with Crippen LogP contribution in [-0.4, -0.2) is 36.5 Å². The average Bonchev–Trinajstić information content (AvgIpc) is 2.58. The Kier molecular flexibility index (Phi) is 6.23. The second-order valence-electron chi connectivity index (χ2n) is 7.43. The van der Waals surface area contributed by atoms with E-state index >= 15 is 0 Å². The van der Waals surface area contributed by atoms with E-state index in [4.69, 9.17) is 4.74 Å². The maximum Gasteiger partial charge on any atom is 0.410 e. The number of hydrogen-bond acceptors (Lipinski definition) is 3. The van der Waals surface area contributed by atoms with E-state index in [0.29, 0.717) is 32.2 Å². The van der Waals surface area contributed by atoms with Crippen molar-refractivity contribution >= 4 is 12.0 Å². The summed E-state index contributed by atoms with van der Waals surface area (Å²) in [6, 6.07) is 9.68. The van der Waals surface area contributed by atoms with Crippen LogP contribution in [0, 0.1) is 11.3 Å². The number of carbonyl (C=O) groups excluding carboxylic acids is 2. The summed E-state index contributed by atoms with van der Waals surface area (Å²) >= 11 is 0. The van der Waals surface area contributed by atoms with Crippen molar-refractivity contribution in [1.29, 1.82) is 0 Å². The van der Waals surface area contributed by atoms with Crippen molar-refractivity contribution in [2.24, 2.45) is 11.3 Å². The first-order valence-electron chi connectivity index (χ1n) is 8.60. The van der Waals surface area contributed by atoms with Gasteiger partial charge < -0.3 is 15.0 Å². The SMILES string of the molecule is CC(C)(C)C(=O)NCC1CCN(C(=O)OCc2ccccc2)CC1. The Hall–Kier alpha value is -2.04. The van der Waals surface area contributed by atoms with E-state index in [9.17, 15) is 9.59 Å². The van der Waals surface area contributed by atoms with Gasteiger partial charge in [-0.3, -0.25) is 4.79 Å². The largest absolute Gasteiger partial charge is 0.445 e. The minimum Gasteiger partial charge on any atom is -0.445 e. The molecule has 1 heterocycles. The summed E-state index contributed by atoms with van der Waals surface area (Å²) in [6.45, 7) is 8.09. The van der Waals surface area contributed by atoms with Crippen LogP contribution in [-0.2, 0) is 16.1 Å². The minimum atomic E-state index is -0.359. The summed E-state index contributed by atoms with van der Waals surface area (Å²) in [5.41, 5.74) is 0.632. The van der Waals surface area contributed by atoms with Crippen molar-refractivity contribution in [3.8, 4) is 0 Å². The van der Waals surface area contributed by atoms with Gasteiger partial charge in [0.05, 0.1) is 0 Å². The molecule has 1 aliphatic heterocycles. The third-order valence-electron chi connectivity index (χ3n) is 4.31. The van der Waals surface area contributed by atoms with Crippen LogP contribution >= 0.6 is 0 Å². The van der Waals surface area contributed by atoms with Crippen molar-refractivity contribution in [2.45, 2.75) is 40.2 Å². The molecule has 0 bridgehead atoms. The fourth-order valence-corrected chi connectivity index (χ4v) is 2.63. The lowest BCUT2D eigenvalue weighted by atomic mass is 9.93. The third-order valence-corrected chi connectivity index (χ3v) is 4.31. The van der Waals surface area contributed by atoms with E-state index in [1.807, 2.05) is 51.1 Å². The molecular formula is C19H28N2O3. The molecule has 0 atom stereocenters. The number of benzene rings is 1. The molecule has 1 fully saturated rings. The normalized spacial score (nSPS) is 15.9. The summed E-state index contributed by atoms with van der Waals surface area (Å²) in [7, 11) is 0. The van der Waals surface area contributed by atoms with E-state index in [2.05, 4.69) is 5.32 Å². The summed E-state index contributed by atoms with van der Waals surface area (Å²) in [5.74, 6) is 0.502. The lowest BCUT2D eigenvalue weighted by molar-refractivity contribution is -0.128. The molecule has 0 spiro atoms. The lowest BCUT2D eigenvalue weighted by Gasteiger charge is -2.32. The molecule has 1 aliphatic rings. The number of nitrogens with zero attached hydrogens (tertiary/aromatic N) is 1. The maximum atomic E-state index is 12.1. The lowest BCUT2D eigenvalue weighted by Crippen LogP contribution is -2.43. The molecule has 132 valence electrons. The number of likely N-dealkylation sites (tertiary alicyclic amines) is 1. The predicted octanol–water partition coefficient (Wildman–Crippen LogP) is 3.20. The molecule has 24 heavy (non-hydrogen) atoms. The third kappa shape index (κ3) is 5.55. The van der Waals surface area contributed by atoms with Crippen LogP contribution in [0.4, 0.5) is 4.79 Å². The number of nitrogens with one attached hydrogen (secondary N) is 1. The number of rotatable bonds is 4. The Labute approximate surface area is 144 Å². The number of amides is 2. The molecule has 0 unspecified atom stereocenters.